The van der Waals surface area contributed by atoms with E-state index in [1.54, 1.807) is 6.08 Å². The summed E-state index contributed by atoms with van der Waals surface area (Å²) in [5.41, 5.74) is 0. The Bertz CT molecular complexity index is 3860. The number of hydrogen-bond acceptors (Lipinski definition) is 43. The Labute approximate surface area is 861 Å². The molecule has 39 atom stereocenters. The van der Waals surface area contributed by atoms with Gasteiger partial charge in [0.1, 0.15) is 165 Å². The topological polar surface area (TPSA) is 794 Å². The minimum atomic E-state index is -3.59. The first-order valence-electron chi connectivity index (χ1n) is 52.5. The minimum Gasteiger partial charge on any atom is -0.477 e. The van der Waals surface area contributed by atoms with Crippen molar-refractivity contribution in [2.24, 2.45) is 0 Å². The highest BCUT2D eigenvalue weighted by Crippen LogP contribution is 2.45. The Hall–Kier alpha value is -5.67. The van der Waals surface area contributed by atoms with Crippen LogP contribution in [0, 0.1) is 0 Å². The summed E-state index contributed by atoms with van der Waals surface area (Å²) < 4.78 is 85.9. The summed E-state index contributed by atoms with van der Waals surface area (Å²) in [5.74, 6) is -16.6. The molecule has 29 N–H and O–H groups in total. The number of allylic oxidation sites excluding steroid dienone is 3. The summed E-state index contributed by atoms with van der Waals surface area (Å²) in [5, 5.41) is 286. The zero-order chi connectivity index (χ0) is 109. The van der Waals surface area contributed by atoms with Crippen LogP contribution >= 0.6 is 0 Å². The molecule has 5 amide bonds. The van der Waals surface area contributed by atoms with Gasteiger partial charge in [0, 0.05) is 40.0 Å². The average molecular weight is 2140 g/mol. The molecular formula is C98H171N5O45. The number of unbranched alkanes of at least 4 members (excludes halogenated alkanes) is 28. The molecule has 148 heavy (non-hydrogen) atoms. The number of carboxylic acids is 2. The largest absolute Gasteiger partial charge is 0.477 e. The fraction of sp³-hybridized carbons (Fsp3) is 0.888. The van der Waals surface area contributed by atoms with Gasteiger partial charge in [0.05, 0.1) is 89.3 Å². The van der Waals surface area contributed by atoms with Crippen LogP contribution in [0.5, 0.6) is 0 Å². The Morgan fingerprint density at radius 3 is 1.11 bits per heavy atom. The third-order valence-corrected chi connectivity index (χ3v) is 27.8. The van der Waals surface area contributed by atoms with Gasteiger partial charge in [-0.05, 0) is 44.9 Å². The van der Waals surface area contributed by atoms with E-state index >= 15 is 0 Å². The normalized spacial score (nSPS) is 35.0. The van der Waals surface area contributed by atoms with Crippen molar-refractivity contribution in [2.75, 3.05) is 59.5 Å². The van der Waals surface area contributed by atoms with Gasteiger partial charge in [-0.15, -0.1) is 0 Å². The Morgan fingerprint density at radius 2 is 0.709 bits per heavy atom. The van der Waals surface area contributed by atoms with Gasteiger partial charge in [-0.25, -0.2) is 9.59 Å². The van der Waals surface area contributed by atoms with Crippen molar-refractivity contribution >= 4 is 41.5 Å². The number of amides is 5. The van der Waals surface area contributed by atoms with Crippen molar-refractivity contribution < 1.29 is 222 Å². The lowest BCUT2D eigenvalue weighted by Gasteiger charge is -2.53. The molecule has 0 aromatic rings. The molecule has 14 unspecified atom stereocenters. The molecule has 50 nitrogen and oxygen atoms in total. The van der Waals surface area contributed by atoms with Gasteiger partial charge >= 0.3 is 11.9 Å². The molecule has 0 bridgehead atoms. The summed E-state index contributed by atoms with van der Waals surface area (Å²) >= 11 is 0. The summed E-state index contributed by atoms with van der Waals surface area (Å²) in [6.45, 7) is -3.95. The summed E-state index contributed by atoms with van der Waals surface area (Å²) in [7, 11) is 0. The first kappa shape index (κ1) is 129. The molecule has 858 valence electrons. The van der Waals surface area contributed by atoms with Crippen LogP contribution in [-0.4, -0.2) is 462 Å². The number of rotatable bonds is 69. The maximum Gasteiger partial charge on any atom is 0.364 e. The van der Waals surface area contributed by atoms with Gasteiger partial charge in [-0.2, -0.15) is 0 Å². The Morgan fingerprint density at radius 1 is 0.358 bits per heavy atom. The molecule has 7 fully saturated rings. The predicted molar refractivity (Wildman–Crippen MR) is 513 cm³/mol. The highest BCUT2D eigenvalue weighted by atomic mass is 16.8. The summed E-state index contributed by atoms with van der Waals surface area (Å²) in [6, 6.07) is -9.39. The first-order valence-corrected chi connectivity index (χ1v) is 52.5. The van der Waals surface area contributed by atoms with Crippen LogP contribution in [0.1, 0.15) is 253 Å². The first-order chi connectivity index (χ1) is 70.7. The molecule has 50 heteroatoms. The van der Waals surface area contributed by atoms with Gasteiger partial charge in [0.15, 0.2) is 31.5 Å². The average Bonchev–Trinajstić information content (AvgIpc) is 0.745. The Kier molecular flexibility index (Phi) is 58.2. The number of aliphatic carboxylic acids is 2. The number of carbonyl (C=O) groups is 7. The number of carboxylic acid groups (broad SMARTS) is 2. The van der Waals surface area contributed by atoms with E-state index < -0.39 is 352 Å². The van der Waals surface area contributed by atoms with E-state index in [0.717, 1.165) is 104 Å². The molecule has 7 saturated heterocycles. The van der Waals surface area contributed by atoms with E-state index in [9.17, 15) is 156 Å². The number of carbonyl (C=O) groups excluding carboxylic acids is 5. The highest BCUT2D eigenvalue weighted by molar-refractivity contribution is 5.79. The van der Waals surface area contributed by atoms with Gasteiger partial charge in [0.25, 0.3) is 11.6 Å². The monoisotopic (exact) mass is 2140 g/mol. The standard InChI is InChI=1S/C98H171N5O45/c1-6-8-10-12-14-16-18-20-21-22-23-24-25-26-27-29-31-33-35-37-39-41-67(120)102-56(57(115)40-38-36-34-32-30-28-19-17-15-13-11-9-7-2)52-135-92-79(128)78(127)82(64(48-108)138-92)141-93-80(129)88(147-97(95(131)132)42-58(116)69(99-53(3)112)86(145-97)73(122)60(118)44-104)84(66(50-110)139-93)143-91-72(101-55(5)114)85(76(125)63(47-107)137-91)144-94-81(130)89(83(65(49-109)140-94)142-90-71(100-54(4)113)77(126)75(124)62(46-106)136-90)148-98(96(133)134)43-59(117)70(103-68(121)51-111)87(146-98)74(123)61(119)45-105/h20-21,38,40,56-66,69-94,104-111,115-119,122-130H,6-19,22-37,39,41-52H2,1-5H3,(H,99,112)(H,100,113)(H,101,114)(H,102,120)(H,103,121)(H,131,132)(H,133,134)/b21-20-,40-38+/t56-,57+,58?,59?,60+,61+,62?,63?,64?,65?,66?,69+,70+,71?,72?,73+,74+,75-,76-,77+,78+,79?,80?,81?,82+,83-,84-,85+,86?,87?,88+,89+,90-,91-,92+,93-,94-,97-,98-/m0/s1. The van der Waals surface area contributed by atoms with Crippen LogP contribution in [0.3, 0.4) is 0 Å². The molecule has 7 rings (SSSR count). The maximum atomic E-state index is 14.2. The molecule has 0 aromatic carbocycles. The lowest BCUT2D eigenvalue weighted by molar-refractivity contribution is -0.408. The van der Waals surface area contributed by atoms with Gasteiger partial charge in [-0.3, -0.25) is 24.0 Å². The van der Waals surface area contributed by atoms with E-state index in [4.69, 9.17) is 66.3 Å². The summed E-state index contributed by atoms with van der Waals surface area (Å²) in [6.07, 6.45) is -35.2. The van der Waals surface area contributed by atoms with Crippen LogP contribution in [0.25, 0.3) is 0 Å². The number of aliphatic hydroxyl groups excluding tert-OH is 22. The van der Waals surface area contributed by atoms with Crippen molar-refractivity contribution in [3.8, 4) is 0 Å². The second kappa shape index (κ2) is 66.7. The Balaban J connectivity index is 1.20. The highest BCUT2D eigenvalue weighted by Gasteiger charge is 2.65. The van der Waals surface area contributed by atoms with Gasteiger partial charge in [0.2, 0.25) is 29.5 Å². The van der Waals surface area contributed by atoms with E-state index in [1.165, 1.54) is 109 Å². The zero-order valence-corrected chi connectivity index (χ0v) is 85.4. The lowest BCUT2D eigenvalue weighted by atomic mass is 9.88. The number of ether oxygens (including phenoxy) is 14. The molecule has 0 saturated carbocycles. The van der Waals surface area contributed by atoms with Crippen LogP contribution in [0.15, 0.2) is 24.3 Å². The molecule has 0 aromatic heterocycles. The van der Waals surface area contributed by atoms with Crippen molar-refractivity contribution in [3.05, 3.63) is 24.3 Å². The second-order valence-electron chi connectivity index (χ2n) is 39.6. The van der Waals surface area contributed by atoms with E-state index in [-0.39, 0.29) is 6.42 Å². The molecule has 7 aliphatic rings. The fourth-order valence-electron chi connectivity index (χ4n) is 19.6. The van der Waals surface area contributed by atoms with Gasteiger partial charge in [-0.1, -0.05) is 192 Å². The number of nitrogens with one attached hydrogen (secondary N) is 5. The lowest BCUT2D eigenvalue weighted by Crippen LogP contribution is -2.73. The fourth-order valence-corrected chi connectivity index (χ4v) is 19.6. The SMILES string of the molecule is CCCCCCCC/C=C\CCCCCCCCCCCCCC(=O)N[C@@H](CO[C@@H]1OC(CO)[C@@H](O[C@@H]2OC(CO)[C@H](O[C@@H]3OC(CO)[C@H](O)[C@H](O[C@@H]4OC(CO)[C@H](O[C@@H]5OC(CO)[C@H](O)[C@H](O)C5NC(C)=O)[C@H](O[C@]5(C(=O)O)CC(O)[C@@H](NC(=O)CO)C([C@H](O)[C@H](O)CO)O5)C4O)C3NC(C)=O)[C@H](O[C@]3(C(=O)O)CC(O)[C@@H](NC(C)=O)C([C@H](O)[C@H](O)CO)O3)C2O)[C@H](O)C1O)[C@H](O)/C=C/CCCCCCCCCCCCC. The smallest absolute Gasteiger partial charge is 0.364 e. The van der Waals surface area contributed by atoms with Crippen LogP contribution < -0.4 is 26.6 Å². The second-order valence-corrected chi connectivity index (χ2v) is 39.6. The zero-order valence-electron chi connectivity index (χ0n) is 85.4. The molecular weight excluding hydrogens is 1970 g/mol. The molecule has 7 heterocycles. The maximum absolute atomic E-state index is 14.2. The molecule has 0 spiro atoms. The molecule has 0 aliphatic carbocycles. The summed E-state index contributed by atoms with van der Waals surface area (Å²) in [4.78, 5) is 94.2. The third-order valence-electron chi connectivity index (χ3n) is 27.8. The quantitative estimate of drug-likeness (QED) is 0.0201. The molecule has 0 radical (unpaired) electrons. The number of hydrogen-bond donors (Lipinski definition) is 29. The van der Waals surface area contributed by atoms with Crippen LogP contribution in [-0.2, 0) is 99.9 Å². The van der Waals surface area contributed by atoms with E-state index in [2.05, 4.69) is 52.6 Å². The van der Waals surface area contributed by atoms with Gasteiger partial charge < -0.3 is 215 Å². The van der Waals surface area contributed by atoms with Crippen LogP contribution in [0.2, 0.25) is 0 Å². The minimum absolute atomic E-state index is 0.0662. The predicted octanol–water partition coefficient (Wildman–Crippen LogP) is -4.81. The van der Waals surface area contributed by atoms with E-state index in [1.807, 2.05) is 0 Å². The van der Waals surface area contributed by atoms with Crippen molar-refractivity contribution in [1.29, 1.82) is 0 Å². The molecule has 7 aliphatic heterocycles. The van der Waals surface area contributed by atoms with E-state index in [0.29, 0.717) is 12.8 Å². The van der Waals surface area contributed by atoms with Crippen LogP contribution in [0.4, 0.5) is 0 Å². The van der Waals surface area contributed by atoms with Crippen molar-refractivity contribution in [3.63, 3.8) is 0 Å². The number of aliphatic hydroxyl groups is 22. The third kappa shape index (κ3) is 38.1. The van der Waals surface area contributed by atoms with Crippen molar-refractivity contribution in [1.82, 2.24) is 26.6 Å². The van der Waals surface area contributed by atoms with Crippen molar-refractivity contribution in [2.45, 2.75) is 491 Å².